The van der Waals surface area contributed by atoms with E-state index in [1.165, 1.54) is 12.3 Å². The van der Waals surface area contributed by atoms with Gasteiger partial charge in [0.05, 0.1) is 0 Å². The van der Waals surface area contributed by atoms with E-state index in [1.807, 2.05) is 6.92 Å². The number of nitrogens with zero attached hydrogens (tertiary/aromatic N) is 1. The molecule has 88 valence electrons. The lowest BCUT2D eigenvalue weighted by atomic mass is 10.1. The van der Waals surface area contributed by atoms with Gasteiger partial charge in [-0.05, 0) is 26.8 Å². The average Bonchev–Trinajstić information content (AvgIpc) is 2.16. The number of carbonyl (C=O) groups is 1. The Morgan fingerprint density at radius 3 is 2.80 bits per heavy atom. The molecule has 1 saturated heterocycles. The van der Waals surface area contributed by atoms with Gasteiger partial charge in [0.1, 0.15) is 5.78 Å². The number of hydrogen-bond acceptors (Lipinski definition) is 3. The highest BCUT2D eigenvalue weighted by Gasteiger charge is 2.26. The predicted molar refractivity (Wildman–Crippen MR) is 67.5 cm³/mol. The summed E-state index contributed by atoms with van der Waals surface area (Å²) < 4.78 is 0.396. The first-order valence-electron chi connectivity index (χ1n) is 5.91. The Morgan fingerprint density at radius 1 is 1.47 bits per heavy atom. The lowest BCUT2D eigenvalue weighted by Crippen LogP contribution is -2.43. The third-order valence-corrected chi connectivity index (χ3v) is 4.13. The summed E-state index contributed by atoms with van der Waals surface area (Å²) in [4.78, 5) is 13.7. The van der Waals surface area contributed by atoms with Crippen molar-refractivity contribution >= 4 is 17.5 Å². The smallest absolute Gasteiger partial charge is 0.132 e. The fraction of sp³-hybridized carbons (Fsp3) is 0.917. The lowest BCUT2D eigenvalue weighted by Gasteiger charge is -2.37. The molecule has 2 nitrogen and oxygen atoms in total. The highest BCUT2D eigenvalue weighted by molar-refractivity contribution is 8.00. The fourth-order valence-corrected chi connectivity index (χ4v) is 3.16. The first kappa shape index (κ1) is 13.0. The molecule has 1 aliphatic heterocycles. The Balaban J connectivity index is 2.18. The van der Waals surface area contributed by atoms with Gasteiger partial charge in [-0.15, -0.1) is 0 Å². The van der Waals surface area contributed by atoms with E-state index in [0.29, 0.717) is 17.0 Å². The molecule has 1 rings (SSSR count). The van der Waals surface area contributed by atoms with Gasteiger partial charge >= 0.3 is 0 Å². The monoisotopic (exact) mass is 229 g/mol. The highest BCUT2D eigenvalue weighted by Crippen LogP contribution is 2.29. The molecular weight excluding hydrogens is 206 g/mol. The summed E-state index contributed by atoms with van der Waals surface area (Å²) in [6.45, 7) is 10.0. The van der Waals surface area contributed by atoms with Crippen LogP contribution in [-0.2, 0) is 4.79 Å². The molecule has 0 N–H and O–H groups in total. The van der Waals surface area contributed by atoms with E-state index in [1.54, 1.807) is 0 Å². The summed E-state index contributed by atoms with van der Waals surface area (Å²) in [6, 6.07) is 0. The van der Waals surface area contributed by atoms with Crippen LogP contribution in [0.2, 0.25) is 0 Å². The van der Waals surface area contributed by atoms with Crippen LogP contribution < -0.4 is 0 Å². The standard InChI is InChI=1S/C12H23NOS/c1-4-11(14)6-5-7-13-8-9-15-12(2,3)10-13/h4-10H2,1-3H3. The zero-order valence-corrected chi connectivity index (χ0v) is 11.0. The molecule has 0 saturated carbocycles. The van der Waals surface area contributed by atoms with E-state index in [9.17, 15) is 4.79 Å². The summed E-state index contributed by atoms with van der Waals surface area (Å²) in [5, 5.41) is 0. The summed E-state index contributed by atoms with van der Waals surface area (Å²) >= 11 is 2.06. The minimum atomic E-state index is 0.396. The first-order chi connectivity index (χ1) is 7.03. The van der Waals surface area contributed by atoms with E-state index in [4.69, 9.17) is 0 Å². The van der Waals surface area contributed by atoms with Crippen LogP contribution >= 0.6 is 11.8 Å². The van der Waals surface area contributed by atoms with E-state index < -0.39 is 0 Å². The predicted octanol–water partition coefficient (Wildman–Crippen LogP) is 2.57. The van der Waals surface area contributed by atoms with Crippen LogP contribution in [0.5, 0.6) is 0 Å². The molecular formula is C12H23NOS. The van der Waals surface area contributed by atoms with Gasteiger partial charge in [-0.3, -0.25) is 4.79 Å². The minimum absolute atomic E-state index is 0.396. The summed E-state index contributed by atoms with van der Waals surface area (Å²) in [5.74, 6) is 1.63. The molecule has 0 aliphatic carbocycles. The van der Waals surface area contributed by atoms with Crippen LogP contribution in [0.15, 0.2) is 0 Å². The van der Waals surface area contributed by atoms with Crippen molar-refractivity contribution in [2.45, 2.75) is 44.8 Å². The molecule has 1 aliphatic rings. The second-order valence-electron chi connectivity index (χ2n) is 4.88. The normalized spacial score (nSPS) is 21.5. The molecule has 1 fully saturated rings. The van der Waals surface area contributed by atoms with Crippen LogP contribution in [0, 0.1) is 0 Å². The van der Waals surface area contributed by atoms with E-state index >= 15 is 0 Å². The third kappa shape index (κ3) is 5.03. The first-order valence-corrected chi connectivity index (χ1v) is 6.90. The molecule has 1 heterocycles. The zero-order valence-electron chi connectivity index (χ0n) is 10.2. The molecule has 0 radical (unpaired) electrons. The Kier molecular flexibility index (Phi) is 5.13. The van der Waals surface area contributed by atoms with Gasteiger partial charge in [-0.25, -0.2) is 0 Å². The van der Waals surface area contributed by atoms with Crippen LogP contribution in [0.4, 0.5) is 0 Å². The molecule has 0 spiro atoms. The van der Waals surface area contributed by atoms with Crippen molar-refractivity contribution in [1.82, 2.24) is 4.90 Å². The molecule has 0 amide bonds. The number of thioether (sulfide) groups is 1. The Bertz CT molecular complexity index is 216. The third-order valence-electron chi connectivity index (χ3n) is 2.83. The lowest BCUT2D eigenvalue weighted by molar-refractivity contribution is -0.118. The van der Waals surface area contributed by atoms with Crippen LogP contribution in [-0.4, -0.2) is 40.8 Å². The molecule has 0 atom stereocenters. The molecule has 3 heteroatoms. The van der Waals surface area contributed by atoms with Crippen LogP contribution in [0.1, 0.15) is 40.0 Å². The largest absolute Gasteiger partial charge is 0.301 e. The van der Waals surface area contributed by atoms with Crippen molar-refractivity contribution in [2.24, 2.45) is 0 Å². The van der Waals surface area contributed by atoms with E-state index in [0.717, 1.165) is 25.9 Å². The van der Waals surface area contributed by atoms with E-state index in [-0.39, 0.29) is 0 Å². The summed E-state index contributed by atoms with van der Waals surface area (Å²) in [5.41, 5.74) is 0. The van der Waals surface area contributed by atoms with Gasteiger partial charge in [-0.1, -0.05) is 6.92 Å². The van der Waals surface area contributed by atoms with Gasteiger partial charge < -0.3 is 4.90 Å². The molecule has 0 aromatic heterocycles. The number of carbonyl (C=O) groups excluding carboxylic acids is 1. The molecule has 0 aromatic carbocycles. The Hall–Kier alpha value is -0.0200. The van der Waals surface area contributed by atoms with E-state index in [2.05, 4.69) is 30.5 Å². The van der Waals surface area contributed by atoms with Gasteiger partial charge in [0.2, 0.25) is 0 Å². The Morgan fingerprint density at radius 2 is 2.20 bits per heavy atom. The number of Topliss-reactive ketones (excluding diaryl/α,β-unsaturated/α-hetero) is 1. The van der Waals surface area contributed by atoms with Gasteiger partial charge in [-0.2, -0.15) is 11.8 Å². The van der Waals surface area contributed by atoms with Crippen molar-refractivity contribution in [1.29, 1.82) is 0 Å². The topological polar surface area (TPSA) is 20.3 Å². The minimum Gasteiger partial charge on any atom is -0.301 e. The van der Waals surface area contributed by atoms with Crippen molar-refractivity contribution in [3.05, 3.63) is 0 Å². The van der Waals surface area contributed by atoms with Crippen LogP contribution in [0.3, 0.4) is 0 Å². The second kappa shape index (κ2) is 5.90. The maximum absolute atomic E-state index is 11.2. The van der Waals surface area contributed by atoms with Crippen molar-refractivity contribution < 1.29 is 4.79 Å². The van der Waals surface area contributed by atoms with Gasteiger partial charge in [0.25, 0.3) is 0 Å². The van der Waals surface area contributed by atoms with Crippen molar-refractivity contribution in [3.8, 4) is 0 Å². The van der Waals surface area contributed by atoms with Crippen LogP contribution in [0.25, 0.3) is 0 Å². The Labute approximate surface area is 97.8 Å². The van der Waals surface area contributed by atoms with Gasteiger partial charge in [0, 0.05) is 36.4 Å². The number of rotatable bonds is 5. The zero-order chi connectivity index (χ0) is 11.3. The van der Waals surface area contributed by atoms with Crippen molar-refractivity contribution in [3.63, 3.8) is 0 Å². The maximum atomic E-state index is 11.2. The molecule has 0 aromatic rings. The van der Waals surface area contributed by atoms with Crippen molar-refractivity contribution in [2.75, 3.05) is 25.4 Å². The highest BCUT2D eigenvalue weighted by atomic mass is 32.2. The van der Waals surface area contributed by atoms with Gasteiger partial charge in [0.15, 0.2) is 0 Å². The molecule has 0 unspecified atom stereocenters. The maximum Gasteiger partial charge on any atom is 0.132 e. The second-order valence-corrected chi connectivity index (χ2v) is 6.68. The summed E-state index contributed by atoms with van der Waals surface area (Å²) in [7, 11) is 0. The molecule has 0 bridgehead atoms. The number of ketones is 1. The fourth-order valence-electron chi connectivity index (χ4n) is 1.98. The summed E-state index contributed by atoms with van der Waals surface area (Å²) in [6.07, 6.45) is 2.50. The molecule has 15 heavy (non-hydrogen) atoms. The SMILES string of the molecule is CCC(=O)CCCN1CCSC(C)(C)C1. The number of hydrogen-bond donors (Lipinski definition) is 0. The average molecular weight is 229 g/mol. The quantitative estimate of drug-likeness (QED) is 0.722.